The highest BCUT2D eigenvalue weighted by Gasteiger charge is 2.16. The number of hydrogen-bond acceptors (Lipinski definition) is 7. The Morgan fingerprint density at radius 3 is 2.80 bits per heavy atom. The molecule has 1 amide bonds. The third-order valence-corrected chi connectivity index (χ3v) is 3.91. The van der Waals surface area contributed by atoms with E-state index in [0.717, 1.165) is 16.3 Å². The van der Waals surface area contributed by atoms with Crippen molar-refractivity contribution >= 4 is 22.4 Å². The molecule has 2 aromatic heterocycles. The summed E-state index contributed by atoms with van der Waals surface area (Å²) in [5.74, 6) is 0.482. The van der Waals surface area contributed by atoms with E-state index in [9.17, 15) is 4.79 Å². The first-order valence-electron chi connectivity index (χ1n) is 6.09. The number of nitrogens with zero attached hydrogens (tertiary/aromatic N) is 3. The van der Waals surface area contributed by atoms with Crippen LogP contribution in [0.2, 0.25) is 0 Å². The molecule has 0 aliphatic rings. The van der Waals surface area contributed by atoms with Crippen LogP contribution in [-0.4, -0.2) is 28.4 Å². The minimum absolute atomic E-state index is 0.138. The van der Waals surface area contributed by atoms with Gasteiger partial charge < -0.3 is 14.6 Å². The van der Waals surface area contributed by atoms with E-state index < -0.39 is 0 Å². The summed E-state index contributed by atoms with van der Waals surface area (Å²) < 4.78 is 10.2. The van der Waals surface area contributed by atoms with Gasteiger partial charge in [-0.2, -0.15) is 0 Å². The summed E-state index contributed by atoms with van der Waals surface area (Å²) in [6, 6.07) is 0. The fraction of sp³-hybridized carbons (Fsp3) is 0.500. The summed E-state index contributed by atoms with van der Waals surface area (Å²) >= 11 is 1.30. The van der Waals surface area contributed by atoms with Crippen LogP contribution in [0.1, 0.15) is 35.1 Å². The first kappa shape index (κ1) is 14.6. The monoisotopic (exact) mass is 296 g/mol. The van der Waals surface area contributed by atoms with E-state index in [4.69, 9.17) is 9.26 Å². The first-order chi connectivity index (χ1) is 9.51. The van der Waals surface area contributed by atoms with Crippen LogP contribution in [0, 0.1) is 13.8 Å². The summed E-state index contributed by atoms with van der Waals surface area (Å²) in [5, 5.41) is 15.6. The van der Waals surface area contributed by atoms with Gasteiger partial charge in [-0.15, -0.1) is 10.2 Å². The number of carbonyl (C=O) groups excluding carboxylic acids is 1. The van der Waals surface area contributed by atoms with Crippen molar-refractivity contribution in [2.24, 2.45) is 0 Å². The van der Waals surface area contributed by atoms with Gasteiger partial charge in [-0.1, -0.05) is 16.5 Å². The van der Waals surface area contributed by atoms with Crippen LogP contribution in [0.3, 0.4) is 0 Å². The molecule has 8 heteroatoms. The smallest absolute Gasteiger partial charge is 0.230 e. The number of anilines is 1. The Morgan fingerprint density at radius 2 is 2.20 bits per heavy atom. The molecule has 0 aliphatic carbocycles. The lowest BCUT2D eigenvalue weighted by atomic mass is 10.1. The van der Waals surface area contributed by atoms with Gasteiger partial charge in [0.15, 0.2) is 0 Å². The van der Waals surface area contributed by atoms with Crippen LogP contribution in [0.5, 0.6) is 0 Å². The van der Waals surface area contributed by atoms with Crippen LogP contribution < -0.4 is 5.32 Å². The second kappa shape index (κ2) is 6.10. The highest BCUT2D eigenvalue weighted by molar-refractivity contribution is 7.15. The van der Waals surface area contributed by atoms with Crippen molar-refractivity contribution < 1.29 is 14.1 Å². The maximum Gasteiger partial charge on any atom is 0.230 e. The molecule has 0 saturated heterocycles. The molecule has 2 aromatic rings. The Balaban J connectivity index is 2.00. The first-order valence-corrected chi connectivity index (χ1v) is 6.90. The average Bonchev–Trinajstić information content (AvgIpc) is 3.00. The van der Waals surface area contributed by atoms with Crippen molar-refractivity contribution in [1.82, 2.24) is 15.4 Å². The second-order valence-electron chi connectivity index (χ2n) is 4.35. The maximum atomic E-state index is 12.0. The normalized spacial score (nSPS) is 12.4. The SMILES string of the molecule is COC(C)c1nnc(NC(=O)Cc2c(C)noc2C)s1. The largest absolute Gasteiger partial charge is 0.374 e. The van der Waals surface area contributed by atoms with Gasteiger partial charge in [-0.25, -0.2) is 0 Å². The van der Waals surface area contributed by atoms with Crippen LogP contribution >= 0.6 is 11.3 Å². The van der Waals surface area contributed by atoms with Gasteiger partial charge >= 0.3 is 0 Å². The molecular formula is C12H16N4O3S. The number of hydrogen-bond donors (Lipinski definition) is 1. The van der Waals surface area contributed by atoms with Gasteiger partial charge in [0.2, 0.25) is 11.0 Å². The van der Waals surface area contributed by atoms with Crippen molar-refractivity contribution in [3.63, 3.8) is 0 Å². The van der Waals surface area contributed by atoms with Gasteiger partial charge in [-0.05, 0) is 20.8 Å². The maximum absolute atomic E-state index is 12.0. The molecule has 7 nitrogen and oxygen atoms in total. The molecule has 0 spiro atoms. The molecule has 1 N–H and O–H groups in total. The Hall–Kier alpha value is -1.80. The lowest BCUT2D eigenvalue weighted by Crippen LogP contribution is -2.15. The molecule has 0 aliphatic heterocycles. The van der Waals surface area contributed by atoms with E-state index in [0.29, 0.717) is 10.9 Å². The van der Waals surface area contributed by atoms with Crippen molar-refractivity contribution in [1.29, 1.82) is 0 Å². The van der Waals surface area contributed by atoms with Gasteiger partial charge in [0.1, 0.15) is 16.9 Å². The highest BCUT2D eigenvalue weighted by atomic mass is 32.1. The predicted molar refractivity (Wildman–Crippen MR) is 73.6 cm³/mol. The minimum Gasteiger partial charge on any atom is -0.374 e. The number of ether oxygens (including phenoxy) is 1. The zero-order chi connectivity index (χ0) is 14.7. The summed E-state index contributed by atoms with van der Waals surface area (Å²) in [6.07, 6.45) is 0.0660. The molecule has 0 radical (unpaired) electrons. The number of methoxy groups -OCH3 is 1. The van der Waals surface area contributed by atoms with Crippen molar-refractivity contribution in [2.45, 2.75) is 33.3 Å². The Labute approximate surface area is 120 Å². The van der Waals surface area contributed by atoms with E-state index in [2.05, 4.69) is 20.7 Å². The molecular weight excluding hydrogens is 280 g/mol. The Kier molecular flexibility index (Phi) is 4.46. The fourth-order valence-corrected chi connectivity index (χ4v) is 2.42. The van der Waals surface area contributed by atoms with Crippen LogP contribution in [-0.2, 0) is 16.0 Å². The van der Waals surface area contributed by atoms with Crippen LogP contribution in [0.4, 0.5) is 5.13 Å². The zero-order valence-corrected chi connectivity index (χ0v) is 12.6. The van der Waals surface area contributed by atoms with Crippen molar-refractivity contribution in [3.05, 3.63) is 22.0 Å². The van der Waals surface area contributed by atoms with Gasteiger partial charge in [0, 0.05) is 12.7 Å². The third-order valence-electron chi connectivity index (χ3n) is 2.91. The molecule has 0 aromatic carbocycles. The molecule has 108 valence electrons. The summed E-state index contributed by atoms with van der Waals surface area (Å²) in [4.78, 5) is 12.0. The number of aryl methyl sites for hydroxylation is 2. The third kappa shape index (κ3) is 3.20. The zero-order valence-electron chi connectivity index (χ0n) is 11.8. The van der Waals surface area contributed by atoms with E-state index in [-0.39, 0.29) is 18.4 Å². The topological polar surface area (TPSA) is 90.1 Å². The highest BCUT2D eigenvalue weighted by Crippen LogP contribution is 2.23. The lowest BCUT2D eigenvalue weighted by Gasteiger charge is -2.02. The van der Waals surface area contributed by atoms with Crippen LogP contribution in [0.15, 0.2) is 4.52 Å². The number of nitrogens with one attached hydrogen (secondary N) is 1. The fourth-order valence-electron chi connectivity index (χ4n) is 1.63. The van der Waals surface area contributed by atoms with E-state index in [1.54, 1.807) is 14.0 Å². The molecule has 2 rings (SSSR count). The Morgan fingerprint density at radius 1 is 1.45 bits per heavy atom. The van der Waals surface area contributed by atoms with Crippen LogP contribution in [0.25, 0.3) is 0 Å². The summed E-state index contributed by atoms with van der Waals surface area (Å²) in [5.41, 5.74) is 1.53. The number of rotatable bonds is 5. The summed E-state index contributed by atoms with van der Waals surface area (Å²) in [7, 11) is 1.60. The van der Waals surface area contributed by atoms with Gasteiger partial charge in [-0.3, -0.25) is 4.79 Å². The standard InChI is InChI=1S/C12H16N4O3S/c1-6-9(7(2)19-16-6)5-10(17)13-12-15-14-11(20-12)8(3)18-4/h8H,5H2,1-4H3,(H,13,15,17). The average molecular weight is 296 g/mol. The molecule has 0 bridgehead atoms. The molecule has 1 atom stereocenters. The van der Waals surface area contributed by atoms with E-state index in [1.165, 1.54) is 11.3 Å². The Bertz CT molecular complexity index is 588. The van der Waals surface area contributed by atoms with Crippen molar-refractivity contribution in [3.8, 4) is 0 Å². The van der Waals surface area contributed by atoms with E-state index in [1.807, 2.05) is 13.8 Å². The molecule has 1 unspecified atom stereocenters. The van der Waals surface area contributed by atoms with Gasteiger partial charge in [0.05, 0.1) is 12.1 Å². The van der Waals surface area contributed by atoms with E-state index >= 15 is 0 Å². The second-order valence-corrected chi connectivity index (χ2v) is 5.36. The lowest BCUT2D eigenvalue weighted by molar-refractivity contribution is -0.115. The predicted octanol–water partition coefficient (Wildman–Crippen LogP) is 2.03. The quantitative estimate of drug-likeness (QED) is 0.908. The molecule has 20 heavy (non-hydrogen) atoms. The minimum atomic E-state index is -0.174. The van der Waals surface area contributed by atoms with Crippen molar-refractivity contribution in [2.75, 3.05) is 12.4 Å². The summed E-state index contributed by atoms with van der Waals surface area (Å²) in [6.45, 7) is 5.46. The molecule has 0 saturated carbocycles. The number of carbonyl (C=O) groups is 1. The number of amides is 1. The molecule has 2 heterocycles. The van der Waals surface area contributed by atoms with Gasteiger partial charge in [0.25, 0.3) is 0 Å². The molecule has 0 fully saturated rings. The number of aromatic nitrogens is 3.